The maximum absolute atomic E-state index is 11.9. The smallest absolute Gasteiger partial charge is 0.214 e. The van der Waals surface area contributed by atoms with Gasteiger partial charge in [-0.15, -0.1) is 24.0 Å². The number of hydrogen-bond acceptors (Lipinski definition) is 3. The van der Waals surface area contributed by atoms with Gasteiger partial charge in [0.05, 0.1) is 18.3 Å². The normalized spacial score (nSPS) is 18.0. The van der Waals surface area contributed by atoms with Crippen molar-refractivity contribution in [2.45, 2.75) is 46.6 Å². The molecule has 2 N–H and O–H groups in total. The molecule has 160 valence electrons. The third kappa shape index (κ3) is 7.87. The molecule has 1 aliphatic heterocycles. The molecule has 1 aromatic rings. The Morgan fingerprint density at radius 1 is 1.21 bits per heavy atom. The molecule has 1 saturated heterocycles. The van der Waals surface area contributed by atoms with Crippen molar-refractivity contribution >= 4 is 40.0 Å². The Bertz CT molecular complexity index is 720. The molecular weight excluding hydrogens is 487 g/mol. The predicted molar refractivity (Wildman–Crippen MR) is 128 cm³/mol. The van der Waals surface area contributed by atoms with E-state index >= 15 is 0 Å². The summed E-state index contributed by atoms with van der Waals surface area (Å²) < 4.78 is 25.3. The highest BCUT2D eigenvalue weighted by atomic mass is 127. The standard InChI is InChI=1S/C20H34N4O2S.HI/c1-5-21-20(22-11-13-24-12-6-14-27(24,25)26)23-17(4)19-9-7-18(8-10-19)15-16(2)3;/h7-10,16-17H,5-6,11-15H2,1-4H3,(H2,21,22,23);1H. The zero-order valence-corrected chi connectivity index (χ0v) is 20.6. The molecule has 8 heteroatoms. The van der Waals surface area contributed by atoms with E-state index in [4.69, 9.17) is 0 Å². The Morgan fingerprint density at radius 2 is 1.89 bits per heavy atom. The summed E-state index contributed by atoms with van der Waals surface area (Å²) in [5, 5.41) is 6.65. The van der Waals surface area contributed by atoms with E-state index in [1.165, 1.54) is 15.4 Å². The molecule has 2 rings (SSSR count). The average Bonchev–Trinajstić information content (AvgIpc) is 2.93. The number of nitrogens with one attached hydrogen (secondary N) is 2. The number of sulfonamides is 1. The van der Waals surface area contributed by atoms with Crippen LogP contribution in [0, 0.1) is 5.92 Å². The first-order valence-electron chi connectivity index (χ1n) is 9.93. The second-order valence-electron chi connectivity index (χ2n) is 7.53. The third-order valence-electron chi connectivity index (χ3n) is 4.64. The van der Waals surface area contributed by atoms with Crippen molar-refractivity contribution in [1.29, 1.82) is 0 Å². The summed E-state index contributed by atoms with van der Waals surface area (Å²) in [7, 11) is -3.05. The lowest BCUT2D eigenvalue weighted by molar-refractivity contribution is 0.452. The molecular formula is C20H35IN4O2S. The number of benzene rings is 1. The van der Waals surface area contributed by atoms with Crippen LogP contribution in [0.2, 0.25) is 0 Å². The molecule has 0 saturated carbocycles. The Labute approximate surface area is 187 Å². The Hall–Kier alpha value is -0.870. The first-order valence-corrected chi connectivity index (χ1v) is 11.5. The van der Waals surface area contributed by atoms with Crippen LogP contribution in [0.1, 0.15) is 51.3 Å². The Morgan fingerprint density at radius 3 is 2.43 bits per heavy atom. The summed E-state index contributed by atoms with van der Waals surface area (Å²) in [5.74, 6) is 1.63. The van der Waals surface area contributed by atoms with Crippen LogP contribution in [-0.2, 0) is 16.4 Å². The van der Waals surface area contributed by atoms with Crippen molar-refractivity contribution in [3.63, 3.8) is 0 Å². The summed E-state index contributed by atoms with van der Waals surface area (Å²) in [6.45, 7) is 10.8. The number of aliphatic imine (C=N–C) groups is 1. The van der Waals surface area contributed by atoms with Gasteiger partial charge >= 0.3 is 0 Å². The van der Waals surface area contributed by atoms with Gasteiger partial charge in [-0.25, -0.2) is 12.7 Å². The van der Waals surface area contributed by atoms with Gasteiger partial charge in [-0.05, 0) is 43.7 Å². The quantitative estimate of drug-likeness (QED) is 0.313. The van der Waals surface area contributed by atoms with Crippen LogP contribution < -0.4 is 10.6 Å². The highest BCUT2D eigenvalue weighted by Gasteiger charge is 2.27. The second kappa shape index (κ2) is 12.0. The number of halogens is 1. The van der Waals surface area contributed by atoms with Gasteiger partial charge < -0.3 is 10.6 Å². The van der Waals surface area contributed by atoms with Gasteiger partial charge in [-0.2, -0.15) is 0 Å². The lowest BCUT2D eigenvalue weighted by Gasteiger charge is -2.19. The minimum atomic E-state index is -3.05. The van der Waals surface area contributed by atoms with E-state index in [2.05, 4.69) is 60.7 Å². The van der Waals surface area contributed by atoms with Crippen molar-refractivity contribution in [2.75, 3.05) is 31.9 Å². The molecule has 0 spiro atoms. The zero-order valence-electron chi connectivity index (χ0n) is 17.4. The largest absolute Gasteiger partial charge is 0.357 e. The van der Waals surface area contributed by atoms with E-state index in [1.807, 2.05) is 6.92 Å². The molecule has 1 unspecified atom stereocenters. The molecule has 0 amide bonds. The number of rotatable bonds is 8. The predicted octanol–water partition coefficient (Wildman–Crippen LogP) is 3.15. The van der Waals surface area contributed by atoms with Gasteiger partial charge in [-0.1, -0.05) is 38.1 Å². The fourth-order valence-corrected chi connectivity index (χ4v) is 4.76. The van der Waals surface area contributed by atoms with Crippen molar-refractivity contribution in [1.82, 2.24) is 14.9 Å². The van der Waals surface area contributed by atoms with Crippen LogP contribution in [-0.4, -0.2) is 50.6 Å². The SMILES string of the molecule is CCNC(=NCCN1CCCS1(=O)=O)NC(C)c1ccc(CC(C)C)cc1.I. The molecule has 0 bridgehead atoms. The van der Waals surface area contributed by atoms with Gasteiger partial charge in [0.2, 0.25) is 10.0 Å². The van der Waals surface area contributed by atoms with Gasteiger partial charge in [0.25, 0.3) is 0 Å². The van der Waals surface area contributed by atoms with Crippen LogP contribution in [0.5, 0.6) is 0 Å². The second-order valence-corrected chi connectivity index (χ2v) is 9.62. The molecule has 1 heterocycles. The summed E-state index contributed by atoms with van der Waals surface area (Å²) in [5.41, 5.74) is 2.56. The number of nitrogens with zero attached hydrogens (tertiary/aromatic N) is 2. The molecule has 1 aliphatic rings. The van der Waals surface area contributed by atoms with Crippen LogP contribution in [0.15, 0.2) is 29.3 Å². The van der Waals surface area contributed by atoms with Gasteiger partial charge in [0.15, 0.2) is 5.96 Å². The van der Waals surface area contributed by atoms with Gasteiger partial charge in [-0.3, -0.25) is 4.99 Å². The van der Waals surface area contributed by atoms with E-state index < -0.39 is 10.0 Å². The van der Waals surface area contributed by atoms with Crippen LogP contribution in [0.25, 0.3) is 0 Å². The molecule has 0 aromatic heterocycles. The van der Waals surface area contributed by atoms with Gasteiger partial charge in [0, 0.05) is 19.6 Å². The fraction of sp³-hybridized carbons (Fsp3) is 0.650. The topological polar surface area (TPSA) is 73.8 Å². The fourth-order valence-electron chi connectivity index (χ4n) is 3.24. The van der Waals surface area contributed by atoms with E-state index in [9.17, 15) is 8.42 Å². The first-order chi connectivity index (χ1) is 12.8. The van der Waals surface area contributed by atoms with E-state index in [0.29, 0.717) is 37.9 Å². The molecule has 28 heavy (non-hydrogen) atoms. The number of hydrogen-bond donors (Lipinski definition) is 2. The van der Waals surface area contributed by atoms with Crippen molar-refractivity contribution in [2.24, 2.45) is 10.9 Å². The van der Waals surface area contributed by atoms with Crippen LogP contribution >= 0.6 is 24.0 Å². The third-order valence-corrected chi connectivity index (χ3v) is 6.60. The number of guanidine groups is 1. The minimum Gasteiger partial charge on any atom is -0.357 e. The highest BCUT2D eigenvalue weighted by molar-refractivity contribution is 14.0. The molecule has 1 fully saturated rings. The monoisotopic (exact) mass is 522 g/mol. The molecule has 0 aliphatic carbocycles. The summed E-state index contributed by atoms with van der Waals surface area (Å²) in [6.07, 6.45) is 1.81. The summed E-state index contributed by atoms with van der Waals surface area (Å²) >= 11 is 0. The molecule has 1 aromatic carbocycles. The van der Waals surface area contributed by atoms with Gasteiger partial charge in [0.1, 0.15) is 0 Å². The lowest BCUT2D eigenvalue weighted by Crippen LogP contribution is -2.39. The summed E-state index contributed by atoms with van der Waals surface area (Å²) in [4.78, 5) is 4.55. The minimum absolute atomic E-state index is 0. The maximum atomic E-state index is 11.9. The van der Waals surface area contributed by atoms with Crippen molar-refractivity contribution < 1.29 is 8.42 Å². The van der Waals surface area contributed by atoms with Crippen LogP contribution in [0.4, 0.5) is 0 Å². The maximum Gasteiger partial charge on any atom is 0.214 e. The lowest BCUT2D eigenvalue weighted by atomic mass is 10.00. The van der Waals surface area contributed by atoms with E-state index in [1.54, 1.807) is 0 Å². The molecule has 1 atom stereocenters. The molecule has 6 nitrogen and oxygen atoms in total. The highest BCUT2D eigenvalue weighted by Crippen LogP contribution is 2.16. The molecule has 0 radical (unpaired) electrons. The first kappa shape index (κ1) is 25.2. The zero-order chi connectivity index (χ0) is 19.9. The summed E-state index contributed by atoms with van der Waals surface area (Å²) in [6, 6.07) is 8.82. The van der Waals surface area contributed by atoms with E-state index in [-0.39, 0.29) is 35.8 Å². The van der Waals surface area contributed by atoms with E-state index in [0.717, 1.165) is 13.0 Å². The Balaban J connectivity index is 0.00000392. The Kier molecular flexibility index (Phi) is 10.8. The average molecular weight is 522 g/mol. The van der Waals surface area contributed by atoms with Crippen molar-refractivity contribution in [3.05, 3.63) is 35.4 Å². The van der Waals surface area contributed by atoms with Crippen molar-refractivity contribution in [3.8, 4) is 0 Å². The van der Waals surface area contributed by atoms with Crippen LogP contribution in [0.3, 0.4) is 0 Å².